The molecule has 1 amide bonds. The van der Waals surface area contributed by atoms with Gasteiger partial charge in [0.05, 0.1) is 17.2 Å². The van der Waals surface area contributed by atoms with E-state index in [0.29, 0.717) is 22.7 Å². The molecule has 0 saturated carbocycles. The number of benzene rings is 3. The molecule has 0 spiro atoms. The lowest BCUT2D eigenvalue weighted by molar-refractivity contribution is 0.102. The molecule has 0 bridgehead atoms. The number of hydrogen-bond donors (Lipinski definition) is 1. The molecule has 0 aliphatic rings. The van der Waals surface area contributed by atoms with Gasteiger partial charge in [-0.15, -0.1) is 0 Å². The minimum atomic E-state index is -0.749. The zero-order valence-corrected chi connectivity index (χ0v) is 15.8. The summed E-state index contributed by atoms with van der Waals surface area (Å²) in [5.41, 5.74) is 4.84. The Bertz CT molecular complexity index is 1300. The summed E-state index contributed by atoms with van der Waals surface area (Å²) in [4.78, 5) is 16.9. The van der Waals surface area contributed by atoms with Gasteiger partial charge in [-0.25, -0.2) is 9.37 Å². The second-order valence-corrected chi connectivity index (χ2v) is 6.76. The lowest BCUT2D eigenvalue weighted by atomic mass is 10.1. The maximum atomic E-state index is 14.1. The van der Waals surface area contributed by atoms with Crippen LogP contribution in [-0.4, -0.2) is 10.9 Å². The van der Waals surface area contributed by atoms with E-state index >= 15 is 0 Å². The van der Waals surface area contributed by atoms with Crippen molar-refractivity contribution >= 4 is 22.7 Å². The summed E-state index contributed by atoms with van der Waals surface area (Å²) >= 11 is 0. The Morgan fingerprint density at radius 1 is 1.07 bits per heavy atom. The molecule has 0 atom stereocenters. The maximum absolute atomic E-state index is 14.1. The Labute approximate surface area is 166 Å². The van der Waals surface area contributed by atoms with Crippen LogP contribution in [0.2, 0.25) is 0 Å². The molecule has 0 fully saturated rings. The number of halogens is 1. The van der Waals surface area contributed by atoms with Gasteiger partial charge >= 0.3 is 0 Å². The van der Waals surface area contributed by atoms with Gasteiger partial charge in [0, 0.05) is 11.3 Å². The highest BCUT2D eigenvalue weighted by Gasteiger charge is 2.14. The minimum absolute atomic E-state index is 0.139. The summed E-state index contributed by atoms with van der Waals surface area (Å²) in [7, 11) is 0. The van der Waals surface area contributed by atoms with E-state index in [1.54, 1.807) is 18.2 Å². The van der Waals surface area contributed by atoms with Crippen LogP contribution in [0.3, 0.4) is 0 Å². The zero-order chi connectivity index (χ0) is 20.5. The predicted octanol–water partition coefficient (Wildman–Crippen LogP) is 5.37. The van der Waals surface area contributed by atoms with E-state index in [-0.39, 0.29) is 11.1 Å². The molecule has 6 heteroatoms. The number of rotatable bonds is 3. The Kier molecular flexibility index (Phi) is 4.57. The normalized spacial score (nSPS) is 10.7. The van der Waals surface area contributed by atoms with Gasteiger partial charge in [-0.1, -0.05) is 6.07 Å². The average molecular weight is 385 g/mol. The Morgan fingerprint density at radius 3 is 2.62 bits per heavy atom. The fraction of sp³-hybridized carbons (Fsp3) is 0.0870. The van der Waals surface area contributed by atoms with Gasteiger partial charge in [-0.2, -0.15) is 5.26 Å². The summed E-state index contributed by atoms with van der Waals surface area (Å²) < 4.78 is 19.9. The fourth-order valence-electron chi connectivity index (χ4n) is 2.97. The van der Waals surface area contributed by atoms with Crippen LogP contribution >= 0.6 is 0 Å². The highest BCUT2D eigenvalue weighted by molar-refractivity contribution is 6.05. The van der Waals surface area contributed by atoms with Crippen molar-refractivity contribution in [1.29, 1.82) is 5.26 Å². The third-order valence-electron chi connectivity index (χ3n) is 4.74. The SMILES string of the molecule is Cc1ccc(-c2nc3cc(NC(=O)c4ccc(C#N)cc4F)ccc3o2)cc1C. The highest BCUT2D eigenvalue weighted by atomic mass is 19.1. The quantitative estimate of drug-likeness (QED) is 0.514. The molecule has 0 radical (unpaired) electrons. The maximum Gasteiger partial charge on any atom is 0.258 e. The van der Waals surface area contributed by atoms with Crippen LogP contribution in [0, 0.1) is 31.0 Å². The second kappa shape index (κ2) is 7.21. The van der Waals surface area contributed by atoms with E-state index in [2.05, 4.69) is 10.3 Å². The smallest absolute Gasteiger partial charge is 0.258 e. The van der Waals surface area contributed by atoms with Crippen LogP contribution < -0.4 is 5.32 Å². The molecule has 0 aliphatic heterocycles. The minimum Gasteiger partial charge on any atom is -0.436 e. The first kappa shape index (κ1) is 18.4. The summed E-state index contributed by atoms with van der Waals surface area (Å²) in [5, 5.41) is 11.5. The van der Waals surface area contributed by atoms with Crippen molar-refractivity contribution in [2.24, 2.45) is 0 Å². The largest absolute Gasteiger partial charge is 0.436 e. The summed E-state index contributed by atoms with van der Waals surface area (Å²) in [5.74, 6) is -0.866. The standard InChI is InChI=1S/C23H16FN3O2/c1-13-3-5-16(9-14(13)2)23-27-20-11-17(6-8-21(20)29-23)26-22(28)18-7-4-15(12-25)10-19(18)24/h3-11H,1-2H3,(H,26,28). The van der Waals surface area contributed by atoms with E-state index in [0.717, 1.165) is 17.2 Å². The number of aryl methyl sites for hydroxylation is 2. The van der Waals surface area contributed by atoms with E-state index in [4.69, 9.17) is 9.68 Å². The van der Waals surface area contributed by atoms with E-state index in [1.807, 2.05) is 38.1 Å². The van der Waals surface area contributed by atoms with Crippen LogP contribution in [0.15, 0.2) is 59.0 Å². The number of oxazole rings is 1. The number of hydrogen-bond acceptors (Lipinski definition) is 4. The van der Waals surface area contributed by atoms with E-state index in [1.165, 1.54) is 17.7 Å². The number of nitrogens with one attached hydrogen (secondary N) is 1. The van der Waals surface area contributed by atoms with Gasteiger partial charge in [0.15, 0.2) is 5.58 Å². The molecule has 0 aliphatic carbocycles. The van der Waals surface area contributed by atoms with Crippen molar-refractivity contribution in [1.82, 2.24) is 4.98 Å². The monoisotopic (exact) mass is 385 g/mol. The summed E-state index contributed by atoms with van der Waals surface area (Å²) in [6.45, 7) is 4.06. The van der Waals surface area contributed by atoms with Crippen LogP contribution in [0.5, 0.6) is 0 Å². The number of fused-ring (bicyclic) bond motifs is 1. The zero-order valence-electron chi connectivity index (χ0n) is 15.8. The van der Waals surface area contributed by atoms with Crippen molar-refractivity contribution < 1.29 is 13.6 Å². The number of carbonyl (C=O) groups excluding carboxylic acids is 1. The molecule has 5 nitrogen and oxygen atoms in total. The molecule has 1 aromatic heterocycles. The number of anilines is 1. The number of aromatic nitrogens is 1. The van der Waals surface area contributed by atoms with Crippen molar-refractivity contribution in [2.45, 2.75) is 13.8 Å². The molecule has 29 heavy (non-hydrogen) atoms. The molecule has 4 rings (SSSR count). The number of nitriles is 1. The van der Waals surface area contributed by atoms with Crippen molar-refractivity contribution in [2.75, 3.05) is 5.32 Å². The highest BCUT2D eigenvalue weighted by Crippen LogP contribution is 2.27. The van der Waals surface area contributed by atoms with Gasteiger partial charge in [-0.05, 0) is 73.5 Å². The molecule has 4 aromatic rings. The predicted molar refractivity (Wildman–Crippen MR) is 108 cm³/mol. The molecular weight excluding hydrogens is 369 g/mol. The molecule has 1 N–H and O–H groups in total. The lowest BCUT2D eigenvalue weighted by Gasteiger charge is -2.06. The summed E-state index contributed by atoms with van der Waals surface area (Å²) in [6.07, 6.45) is 0. The number of carbonyl (C=O) groups is 1. The first-order valence-corrected chi connectivity index (χ1v) is 8.94. The number of amides is 1. The topological polar surface area (TPSA) is 78.9 Å². The molecule has 142 valence electrons. The van der Waals surface area contributed by atoms with Gasteiger partial charge in [0.1, 0.15) is 11.3 Å². The first-order valence-electron chi connectivity index (χ1n) is 8.94. The lowest BCUT2D eigenvalue weighted by Crippen LogP contribution is -2.13. The average Bonchev–Trinajstić information content (AvgIpc) is 3.13. The first-order chi connectivity index (χ1) is 13.9. The van der Waals surface area contributed by atoms with Crippen LogP contribution in [0.25, 0.3) is 22.6 Å². The van der Waals surface area contributed by atoms with E-state index < -0.39 is 11.7 Å². The molecule has 1 heterocycles. The van der Waals surface area contributed by atoms with Crippen LogP contribution in [0.4, 0.5) is 10.1 Å². The van der Waals surface area contributed by atoms with Crippen LogP contribution in [-0.2, 0) is 0 Å². The molecule has 3 aromatic carbocycles. The van der Waals surface area contributed by atoms with Gasteiger partial charge in [0.25, 0.3) is 5.91 Å². The summed E-state index contributed by atoms with van der Waals surface area (Å²) in [6, 6.07) is 16.6. The molecule has 0 saturated heterocycles. The van der Waals surface area contributed by atoms with Gasteiger partial charge in [0.2, 0.25) is 5.89 Å². The second-order valence-electron chi connectivity index (χ2n) is 6.76. The fourth-order valence-corrected chi connectivity index (χ4v) is 2.97. The van der Waals surface area contributed by atoms with Crippen molar-refractivity contribution in [3.8, 4) is 17.5 Å². The third kappa shape index (κ3) is 3.58. The van der Waals surface area contributed by atoms with E-state index in [9.17, 15) is 9.18 Å². The van der Waals surface area contributed by atoms with Crippen LogP contribution in [0.1, 0.15) is 27.0 Å². The van der Waals surface area contributed by atoms with Gasteiger partial charge in [-0.3, -0.25) is 4.79 Å². The Hall–Kier alpha value is -3.98. The van der Waals surface area contributed by atoms with Crippen molar-refractivity contribution in [3.05, 3.63) is 82.7 Å². The molecule has 0 unspecified atom stereocenters. The Balaban J connectivity index is 1.61. The molecular formula is C23H16FN3O2. The van der Waals surface area contributed by atoms with Crippen molar-refractivity contribution in [3.63, 3.8) is 0 Å². The number of nitrogens with zero attached hydrogens (tertiary/aromatic N) is 2. The Morgan fingerprint density at radius 2 is 1.90 bits per heavy atom. The third-order valence-corrected chi connectivity index (χ3v) is 4.74. The van der Waals surface area contributed by atoms with Gasteiger partial charge < -0.3 is 9.73 Å².